The maximum atomic E-state index is 5.71. The van der Waals surface area contributed by atoms with Gasteiger partial charge in [0.2, 0.25) is 0 Å². The smallest absolute Gasteiger partial charge is 0.139 e. The number of aromatic amines is 1. The predicted octanol–water partition coefficient (Wildman–Crippen LogP) is 4.12. The van der Waals surface area contributed by atoms with Gasteiger partial charge in [-0.05, 0) is 48.5 Å². The molecule has 0 unspecified atom stereocenters. The average molecular weight is 366 g/mol. The van der Waals surface area contributed by atoms with E-state index < -0.39 is 0 Å². The van der Waals surface area contributed by atoms with Gasteiger partial charge in [0, 0.05) is 59.9 Å². The van der Waals surface area contributed by atoms with Crippen molar-refractivity contribution in [3.8, 4) is 23.5 Å². The van der Waals surface area contributed by atoms with Crippen molar-refractivity contribution in [2.24, 2.45) is 0 Å². The molecule has 4 aromatic rings. The quantitative estimate of drug-likeness (QED) is 0.542. The Morgan fingerprint density at radius 1 is 0.964 bits per heavy atom. The first-order valence-corrected chi connectivity index (χ1v) is 9.64. The molecule has 1 aliphatic heterocycles. The first-order valence-electron chi connectivity index (χ1n) is 9.64. The molecule has 28 heavy (non-hydrogen) atoms. The third-order valence-electron chi connectivity index (χ3n) is 5.72. The molecule has 0 amide bonds. The van der Waals surface area contributed by atoms with E-state index in [-0.39, 0.29) is 0 Å². The third-order valence-corrected chi connectivity index (χ3v) is 5.72. The molecule has 0 bridgehead atoms. The van der Waals surface area contributed by atoms with Gasteiger partial charge in [0.05, 0.1) is 0 Å². The fourth-order valence-electron chi connectivity index (χ4n) is 4.05. The number of piperazine rings is 1. The number of hydrogen-bond acceptors (Lipinski definition) is 3. The summed E-state index contributed by atoms with van der Waals surface area (Å²) in [5.41, 5.74) is 6.46. The molecule has 4 nitrogen and oxygen atoms in total. The Hall–Kier alpha value is -3.29. The van der Waals surface area contributed by atoms with E-state index in [0.29, 0.717) is 0 Å². The number of rotatable bonds is 2. The standard InChI is InChI=1S/C24H22N4/c1-3-17-10-11-25-24-23(17)21-16-19(6-9-22(21)26-24)18-4-7-20(8-5-18)28-14-12-27(2)13-15-28/h1,4-11,16H,12-15H2,2H3,(H,25,26). The minimum Gasteiger partial charge on any atom is -0.369 e. The Labute approximate surface area is 164 Å². The van der Waals surface area contributed by atoms with E-state index in [2.05, 4.69) is 75.2 Å². The summed E-state index contributed by atoms with van der Waals surface area (Å²) in [4.78, 5) is 12.6. The summed E-state index contributed by atoms with van der Waals surface area (Å²) in [7, 11) is 2.18. The summed E-state index contributed by atoms with van der Waals surface area (Å²) in [6, 6.07) is 17.3. The summed E-state index contributed by atoms with van der Waals surface area (Å²) in [6.07, 6.45) is 7.47. The lowest BCUT2D eigenvalue weighted by Crippen LogP contribution is -2.44. The Kier molecular flexibility index (Phi) is 4.03. The van der Waals surface area contributed by atoms with Crippen molar-refractivity contribution in [3.63, 3.8) is 0 Å². The highest BCUT2D eigenvalue weighted by molar-refractivity contribution is 6.09. The molecule has 0 radical (unpaired) electrons. The number of fused-ring (bicyclic) bond motifs is 3. The van der Waals surface area contributed by atoms with Gasteiger partial charge in [0.1, 0.15) is 5.65 Å². The summed E-state index contributed by atoms with van der Waals surface area (Å²) >= 11 is 0. The van der Waals surface area contributed by atoms with Crippen LogP contribution in [0.1, 0.15) is 5.56 Å². The second-order valence-corrected chi connectivity index (χ2v) is 7.45. The lowest BCUT2D eigenvalue weighted by atomic mass is 10.0. The highest BCUT2D eigenvalue weighted by Gasteiger charge is 2.14. The number of nitrogens with one attached hydrogen (secondary N) is 1. The zero-order valence-corrected chi connectivity index (χ0v) is 15.9. The van der Waals surface area contributed by atoms with Gasteiger partial charge in [0.25, 0.3) is 0 Å². The lowest BCUT2D eigenvalue weighted by Gasteiger charge is -2.34. The molecule has 0 aliphatic carbocycles. The molecule has 4 heteroatoms. The largest absolute Gasteiger partial charge is 0.369 e. The highest BCUT2D eigenvalue weighted by Crippen LogP contribution is 2.31. The van der Waals surface area contributed by atoms with Gasteiger partial charge in [-0.3, -0.25) is 0 Å². The van der Waals surface area contributed by atoms with E-state index in [1.165, 1.54) is 16.8 Å². The number of hydrogen-bond donors (Lipinski definition) is 1. The molecule has 1 fully saturated rings. The van der Waals surface area contributed by atoms with Crippen LogP contribution in [0.4, 0.5) is 5.69 Å². The molecule has 0 saturated carbocycles. The van der Waals surface area contributed by atoms with Gasteiger partial charge < -0.3 is 14.8 Å². The van der Waals surface area contributed by atoms with Crippen molar-refractivity contribution in [3.05, 3.63) is 60.3 Å². The molecule has 1 saturated heterocycles. The molecule has 5 rings (SSSR count). The average Bonchev–Trinajstić information content (AvgIpc) is 3.12. The van der Waals surface area contributed by atoms with Gasteiger partial charge in [-0.1, -0.05) is 24.1 Å². The van der Waals surface area contributed by atoms with Crippen LogP contribution >= 0.6 is 0 Å². The number of H-pyrrole nitrogens is 1. The third kappa shape index (κ3) is 2.81. The van der Waals surface area contributed by atoms with Crippen LogP contribution < -0.4 is 4.90 Å². The minimum absolute atomic E-state index is 0.841. The van der Waals surface area contributed by atoms with Crippen LogP contribution in [0.2, 0.25) is 0 Å². The van der Waals surface area contributed by atoms with Gasteiger partial charge >= 0.3 is 0 Å². The maximum absolute atomic E-state index is 5.71. The Balaban J connectivity index is 1.52. The van der Waals surface area contributed by atoms with Crippen molar-refractivity contribution >= 4 is 27.6 Å². The predicted molar refractivity (Wildman–Crippen MR) is 117 cm³/mol. The van der Waals surface area contributed by atoms with Crippen molar-refractivity contribution in [1.29, 1.82) is 0 Å². The molecule has 138 valence electrons. The number of aromatic nitrogens is 2. The molecule has 1 aliphatic rings. The van der Waals surface area contributed by atoms with Crippen LogP contribution in [0.5, 0.6) is 0 Å². The number of benzene rings is 2. The number of nitrogens with zero attached hydrogens (tertiary/aromatic N) is 3. The zero-order chi connectivity index (χ0) is 19.1. The number of likely N-dealkylation sites (N-methyl/N-ethyl adjacent to an activating group) is 1. The van der Waals surface area contributed by atoms with Crippen molar-refractivity contribution < 1.29 is 0 Å². The lowest BCUT2D eigenvalue weighted by molar-refractivity contribution is 0.313. The Morgan fingerprint density at radius 2 is 1.71 bits per heavy atom. The van der Waals surface area contributed by atoms with Crippen LogP contribution in [-0.4, -0.2) is 48.1 Å². The van der Waals surface area contributed by atoms with E-state index in [1.54, 1.807) is 6.20 Å². The van der Waals surface area contributed by atoms with E-state index in [1.807, 2.05) is 6.07 Å². The van der Waals surface area contributed by atoms with Crippen LogP contribution in [-0.2, 0) is 0 Å². The van der Waals surface area contributed by atoms with Gasteiger partial charge in [-0.2, -0.15) is 0 Å². The molecule has 0 atom stereocenters. The first-order chi connectivity index (χ1) is 13.7. The molecule has 3 heterocycles. The molecular weight excluding hydrogens is 344 g/mol. The molecule has 0 spiro atoms. The summed E-state index contributed by atoms with van der Waals surface area (Å²) in [5, 5.41) is 2.15. The zero-order valence-electron chi connectivity index (χ0n) is 15.9. The summed E-state index contributed by atoms with van der Waals surface area (Å²) in [5.74, 6) is 2.79. The molecule has 2 aromatic heterocycles. The summed E-state index contributed by atoms with van der Waals surface area (Å²) < 4.78 is 0. The molecule has 1 N–H and O–H groups in total. The van der Waals surface area contributed by atoms with Crippen molar-refractivity contribution in [2.45, 2.75) is 0 Å². The minimum atomic E-state index is 0.841. The van der Waals surface area contributed by atoms with Crippen molar-refractivity contribution in [2.75, 3.05) is 38.1 Å². The maximum Gasteiger partial charge on any atom is 0.139 e. The van der Waals surface area contributed by atoms with Gasteiger partial charge in [-0.25, -0.2) is 4.98 Å². The second-order valence-electron chi connectivity index (χ2n) is 7.45. The molecule has 2 aromatic carbocycles. The second kappa shape index (κ2) is 6.70. The fourth-order valence-corrected chi connectivity index (χ4v) is 4.05. The van der Waals surface area contributed by atoms with E-state index in [0.717, 1.165) is 53.7 Å². The van der Waals surface area contributed by atoms with Gasteiger partial charge in [0.15, 0.2) is 0 Å². The highest BCUT2D eigenvalue weighted by atomic mass is 15.2. The summed E-state index contributed by atoms with van der Waals surface area (Å²) in [6.45, 7) is 4.40. The van der Waals surface area contributed by atoms with Crippen molar-refractivity contribution in [1.82, 2.24) is 14.9 Å². The van der Waals surface area contributed by atoms with E-state index in [4.69, 9.17) is 6.42 Å². The molecular formula is C24H22N4. The Morgan fingerprint density at radius 3 is 2.46 bits per heavy atom. The van der Waals surface area contributed by atoms with Crippen LogP contribution in [0.15, 0.2) is 54.7 Å². The topological polar surface area (TPSA) is 35.2 Å². The van der Waals surface area contributed by atoms with Crippen LogP contribution in [0, 0.1) is 12.3 Å². The van der Waals surface area contributed by atoms with Crippen LogP contribution in [0.3, 0.4) is 0 Å². The van der Waals surface area contributed by atoms with E-state index in [9.17, 15) is 0 Å². The Bertz CT molecular complexity index is 1190. The fraction of sp³-hybridized carbons (Fsp3) is 0.208. The van der Waals surface area contributed by atoms with Gasteiger partial charge in [-0.15, -0.1) is 6.42 Å². The van der Waals surface area contributed by atoms with E-state index >= 15 is 0 Å². The number of anilines is 1. The van der Waals surface area contributed by atoms with Crippen LogP contribution in [0.25, 0.3) is 33.1 Å². The SMILES string of the molecule is C#Cc1ccnc2[nH]c3ccc(-c4ccc(N5CCN(C)CC5)cc4)cc3c12. The monoisotopic (exact) mass is 366 g/mol. The first kappa shape index (κ1) is 16.9. The number of pyridine rings is 1. The number of terminal acetylenes is 1. The normalized spacial score (nSPS) is 15.2.